The van der Waals surface area contributed by atoms with Crippen molar-refractivity contribution in [2.24, 2.45) is 0 Å². The fourth-order valence-electron chi connectivity index (χ4n) is 2.49. The molecule has 5 heteroatoms. The van der Waals surface area contributed by atoms with Gasteiger partial charge in [-0.1, -0.05) is 48.0 Å². The minimum absolute atomic E-state index is 0.132. The number of nitrogens with zero attached hydrogens (tertiary/aromatic N) is 1. The van der Waals surface area contributed by atoms with E-state index in [1.807, 2.05) is 62.4 Å². The number of halogens is 1. The number of hydrogen-bond donors (Lipinski definition) is 2. The zero-order valence-electron chi connectivity index (χ0n) is 13.6. The van der Waals surface area contributed by atoms with Crippen molar-refractivity contribution >= 4 is 23.2 Å². The second-order valence-corrected chi connectivity index (χ2v) is 6.14. The summed E-state index contributed by atoms with van der Waals surface area (Å²) in [6, 6.07) is 15.5. The summed E-state index contributed by atoms with van der Waals surface area (Å²) in [5, 5.41) is 3.76. The molecule has 0 atom stereocenters. The molecule has 0 aliphatic rings. The molecular formula is C19H18ClN3O. The van der Waals surface area contributed by atoms with Gasteiger partial charge in [0.2, 0.25) is 5.95 Å². The average molecular weight is 340 g/mol. The summed E-state index contributed by atoms with van der Waals surface area (Å²) in [6.07, 6.45) is 0.561. The van der Waals surface area contributed by atoms with Gasteiger partial charge >= 0.3 is 0 Å². The molecule has 0 amide bonds. The van der Waals surface area contributed by atoms with Gasteiger partial charge in [0, 0.05) is 22.7 Å². The number of H-pyrrole nitrogens is 1. The molecule has 0 aliphatic carbocycles. The third-order valence-corrected chi connectivity index (χ3v) is 4.29. The van der Waals surface area contributed by atoms with E-state index in [1.165, 1.54) is 0 Å². The van der Waals surface area contributed by atoms with Gasteiger partial charge in [-0.3, -0.25) is 9.78 Å². The zero-order chi connectivity index (χ0) is 17.1. The molecule has 24 heavy (non-hydrogen) atoms. The summed E-state index contributed by atoms with van der Waals surface area (Å²) in [5.41, 5.74) is 4.12. The van der Waals surface area contributed by atoms with Crippen molar-refractivity contribution in [3.05, 3.63) is 86.3 Å². The number of rotatable bonds is 4. The van der Waals surface area contributed by atoms with Crippen LogP contribution >= 0.6 is 11.6 Å². The first kappa shape index (κ1) is 16.3. The van der Waals surface area contributed by atoms with E-state index in [0.717, 1.165) is 16.8 Å². The number of hydrogen-bond acceptors (Lipinski definition) is 3. The van der Waals surface area contributed by atoms with E-state index in [1.54, 1.807) is 0 Å². The van der Waals surface area contributed by atoms with Crippen LogP contribution in [0.2, 0.25) is 5.02 Å². The quantitative estimate of drug-likeness (QED) is 0.741. The molecule has 0 saturated carbocycles. The summed E-state index contributed by atoms with van der Waals surface area (Å²) in [6.45, 7) is 3.79. The second-order valence-electron chi connectivity index (χ2n) is 5.73. The Hall–Kier alpha value is -2.59. The molecule has 0 bridgehead atoms. The molecular weight excluding hydrogens is 322 g/mol. The third kappa shape index (κ3) is 3.66. The molecule has 2 N–H and O–H groups in total. The van der Waals surface area contributed by atoms with Crippen molar-refractivity contribution in [3.8, 4) is 0 Å². The van der Waals surface area contributed by atoms with Crippen LogP contribution in [0.15, 0.2) is 53.3 Å². The second kappa shape index (κ2) is 6.89. The van der Waals surface area contributed by atoms with Crippen LogP contribution in [0.4, 0.5) is 11.6 Å². The summed E-state index contributed by atoms with van der Waals surface area (Å²) in [4.78, 5) is 19.7. The highest BCUT2D eigenvalue weighted by Gasteiger charge is 2.09. The molecule has 4 nitrogen and oxygen atoms in total. The highest BCUT2D eigenvalue weighted by Crippen LogP contribution is 2.22. The van der Waals surface area contributed by atoms with E-state index >= 15 is 0 Å². The maximum absolute atomic E-state index is 12.4. The first-order valence-electron chi connectivity index (χ1n) is 7.70. The molecule has 122 valence electrons. The van der Waals surface area contributed by atoms with Gasteiger partial charge in [-0.15, -0.1) is 0 Å². The predicted octanol–water partition coefficient (Wildman–Crippen LogP) is 4.37. The van der Waals surface area contributed by atoms with Crippen molar-refractivity contribution in [1.82, 2.24) is 9.97 Å². The van der Waals surface area contributed by atoms with Gasteiger partial charge < -0.3 is 5.32 Å². The lowest BCUT2D eigenvalue weighted by atomic mass is 10.1. The molecule has 1 heterocycles. The van der Waals surface area contributed by atoms with E-state index in [-0.39, 0.29) is 5.56 Å². The summed E-state index contributed by atoms with van der Waals surface area (Å²) < 4.78 is 0. The lowest BCUT2D eigenvalue weighted by Crippen LogP contribution is -2.18. The number of aromatic nitrogens is 2. The SMILES string of the molecule is Cc1ccc(Nc2nc(C)c(Cc3ccccc3)c(=O)[nH]2)cc1Cl. The molecule has 3 aromatic rings. The summed E-state index contributed by atoms with van der Waals surface area (Å²) in [7, 11) is 0. The minimum Gasteiger partial charge on any atom is -0.326 e. The number of aryl methyl sites for hydroxylation is 2. The Morgan fingerprint density at radius 3 is 2.54 bits per heavy atom. The topological polar surface area (TPSA) is 57.8 Å². The van der Waals surface area contributed by atoms with E-state index < -0.39 is 0 Å². The number of nitrogens with one attached hydrogen (secondary N) is 2. The standard InChI is InChI=1S/C19H18ClN3O/c1-12-8-9-15(11-17(12)20)22-19-21-13(2)16(18(24)23-19)10-14-6-4-3-5-7-14/h3-9,11H,10H2,1-2H3,(H2,21,22,23,24). The van der Waals surface area contributed by atoms with Crippen LogP contribution in [0.25, 0.3) is 0 Å². The molecule has 0 unspecified atom stereocenters. The van der Waals surface area contributed by atoms with Gasteiger partial charge in [0.15, 0.2) is 0 Å². The monoisotopic (exact) mass is 339 g/mol. The molecule has 0 fully saturated rings. The van der Waals surface area contributed by atoms with Crippen LogP contribution in [-0.4, -0.2) is 9.97 Å². The Balaban J connectivity index is 1.86. The Morgan fingerprint density at radius 1 is 1.12 bits per heavy atom. The highest BCUT2D eigenvalue weighted by molar-refractivity contribution is 6.31. The van der Waals surface area contributed by atoms with Crippen molar-refractivity contribution < 1.29 is 0 Å². The normalized spacial score (nSPS) is 10.6. The van der Waals surface area contributed by atoms with Gasteiger partial charge in [0.25, 0.3) is 5.56 Å². The average Bonchev–Trinajstić information content (AvgIpc) is 2.55. The minimum atomic E-state index is -0.132. The molecule has 0 saturated heterocycles. The Morgan fingerprint density at radius 2 is 1.88 bits per heavy atom. The summed E-state index contributed by atoms with van der Waals surface area (Å²) in [5.74, 6) is 0.411. The molecule has 0 radical (unpaired) electrons. The number of aromatic amines is 1. The van der Waals surface area contributed by atoms with Gasteiger partial charge in [0.1, 0.15) is 0 Å². The molecule has 2 aromatic carbocycles. The largest absolute Gasteiger partial charge is 0.326 e. The fraction of sp³-hybridized carbons (Fsp3) is 0.158. The van der Waals surface area contributed by atoms with E-state index in [2.05, 4.69) is 15.3 Å². The van der Waals surface area contributed by atoms with Crippen molar-refractivity contribution in [2.75, 3.05) is 5.32 Å². The number of anilines is 2. The highest BCUT2D eigenvalue weighted by atomic mass is 35.5. The van der Waals surface area contributed by atoms with Gasteiger partial charge in [-0.05, 0) is 37.1 Å². The lowest BCUT2D eigenvalue weighted by molar-refractivity contribution is 0.986. The van der Waals surface area contributed by atoms with Crippen LogP contribution in [0, 0.1) is 13.8 Å². The third-order valence-electron chi connectivity index (χ3n) is 3.88. The van der Waals surface area contributed by atoms with Crippen LogP contribution in [0.3, 0.4) is 0 Å². The lowest BCUT2D eigenvalue weighted by Gasteiger charge is -2.10. The van der Waals surface area contributed by atoms with Crippen LogP contribution in [0.5, 0.6) is 0 Å². The van der Waals surface area contributed by atoms with Crippen LogP contribution in [0.1, 0.15) is 22.4 Å². The Kier molecular flexibility index (Phi) is 4.67. The van der Waals surface area contributed by atoms with Gasteiger partial charge in [-0.25, -0.2) is 4.98 Å². The molecule has 0 aliphatic heterocycles. The van der Waals surface area contributed by atoms with Crippen LogP contribution in [-0.2, 0) is 6.42 Å². The number of benzene rings is 2. The van der Waals surface area contributed by atoms with Crippen LogP contribution < -0.4 is 10.9 Å². The van der Waals surface area contributed by atoms with Crippen molar-refractivity contribution in [3.63, 3.8) is 0 Å². The Bertz CT molecular complexity index is 920. The molecule has 1 aromatic heterocycles. The van der Waals surface area contributed by atoms with E-state index in [4.69, 9.17) is 11.6 Å². The fourth-order valence-corrected chi connectivity index (χ4v) is 2.67. The first-order valence-corrected chi connectivity index (χ1v) is 8.07. The molecule has 3 rings (SSSR count). The first-order chi connectivity index (χ1) is 11.5. The zero-order valence-corrected chi connectivity index (χ0v) is 14.3. The van der Waals surface area contributed by atoms with Crippen molar-refractivity contribution in [2.45, 2.75) is 20.3 Å². The van der Waals surface area contributed by atoms with E-state index in [0.29, 0.717) is 28.6 Å². The van der Waals surface area contributed by atoms with E-state index in [9.17, 15) is 4.79 Å². The maximum Gasteiger partial charge on any atom is 0.256 e. The Labute approximate surface area is 145 Å². The maximum atomic E-state index is 12.4. The molecule has 0 spiro atoms. The smallest absolute Gasteiger partial charge is 0.256 e. The van der Waals surface area contributed by atoms with Crippen molar-refractivity contribution in [1.29, 1.82) is 0 Å². The predicted molar refractivity (Wildman–Crippen MR) is 98.3 cm³/mol. The van der Waals surface area contributed by atoms with Gasteiger partial charge in [0.05, 0.1) is 5.69 Å². The van der Waals surface area contributed by atoms with Gasteiger partial charge in [-0.2, -0.15) is 0 Å². The summed E-state index contributed by atoms with van der Waals surface area (Å²) >= 11 is 6.13.